The second-order valence-electron chi connectivity index (χ2n) is 14.3. The van der Waals surface area contributed by atoms with Gasteiger partial charge in [0, 0.05) is 56.0 Å². The van der Waals surface area contributed by atoms with Gasteiger partial charge in [-0.05, 0) is 71.2 Å². The fourth-order valence-corrected chi connectivity index (χ4v) is 7.46. The van der Waals surface area contributed by atoms with Crippen LogP contribution in [0.2, 0.25) is 5.02 Å². The van der Waals surface area contributed by atoms with Crippen molar-refractivity contribution in [1.29, 1.82) is 0 Å². The Balaban J connectivity index is 1.10. The van der Waals surface area contributed by atoms with E-state index < -0.39 is 17.8 Å². The number of amides is 2. The van der Waals surface area contributed by atoms with Gasteiger partial charge < -0.3 is 29.9 Å². The van der Waals surface area contributed by atoms with Gasteiger partial charge in [-0.1, -0.05) is 103 Å². The van der Waals surface area contributed by atoms with Crippen LogP contribution in [0.25, 0.3) is 11.1 Å². The standard InChI is InChI=1S/C43H50ClN3O7/c44-36-20-18-35(19-21-36)43(51)22-24-47(25-23-43)28-37-26-39(32-12-10-30(29-48)11-13-32)54-42(53-37)33-16-14-31(15-17-33)38-7-5-4-6-34(38)27-45-40(49)8-2-1-3-9-41(50)46-52/h4-7,10-21,37,39,42,48,51-52H,1-3,8-9,22-29H2,(H,45,49)(H,46,50)/t37-,39+,42+/m1/s1. The molecule has 2 aliphatic rings. The van der Waals surface area contributed by atoms with Crippen LogP contribution in [0.15, 0.2) is 97.1 Å². The van der Waals surface area contributed by atoms with Gasteiger partial charge >= 0.3 is 0 Å². The van der Waals surface area contributed by atoms with Crippen LogP contribution in [0.5, 0.6) is 0 Å². The third kappa shape index (κ3) is 10.5. The van der Waals surface area contributed by atoms with Crippen molar-refractivity contribution in [3.63, 3.8) is 0 Å². The topological polar surface area (TPSA) is 141 Å². The molecule has 6 rings (SSSR count). The van der Waals surface area contributed by atoms with E-state index >= 15 is 0 Å². The van der Waals surface area contributed by atoms with E-state index in [0.29, 0.717) is 56.6 Å². The number of hydroxylamine groups is 1. The molecule has 3 atom stereocenters. The van der Waals surface area contributed by atoms with Crippen LogP contribution < -0.4 is 10.8 Å². The third-order valence-electron chi connectivity index (χ3n) is 10.6. The van der Waals surface area contributed by atoms with Crippen LogP contribution in [0.3, 0.4) is 0 Å². The maximum absolute atomic E-state index is 12.6. The molecule has 2 aliphatic heterocycles. The maximum Gasteiger partial charge on any atom is 0.243 e. The fourth-order valence-electron chi connectivity index (χ4n) is 7.34. The molecule has 286 valence electrons. The molecule has 54 heavy (non-hydrogen) atoms. The van der Waals surface area contributed by atoms with Gasteiger partial charge in [-0.3, -0.25) is 14.8 Å². The summed E-state index contributed by atoms with van der Waals surface area (Å²) in [6.07, 6.45) is 3.61. The first-order chi connectivity index (χ1) is 26.2. The number of aliphatic hydroxyl groups is 2. The van der Waals surface area contributed by atoms with E-state index in [-0.39, 0.29) is 31.1 Å². The van der Waals surface area contributed by atoms with Crippen molar-refractivity contribution in [2.24, 2.45) is 0 Å². The number of hydrogen-bond donors (Lipinski definition) is 5. The predicted octanol–water partition coefficient (Wildman–Crippen LogP) is 7.10. The number of benzene rings is 4. The van der Waals surface area contributed by atoms with Gasteiger partial charge in [0.1, 0.15) is 0 Å². The summed E-state index contributed by atoms with van der Waals surface area (Å²) in [5.74, 6) is -0.462. The smallest absolute Gasteiger partial charge is 0.243 e. The summed E-state index contributed by atoms with van der Waals surface area (Å²) in [5, 5.41) is 33.4. The van der Waals surface area contributed by atoms with Crippen molar-refractivity contribution in [2.45, 2.75) is 88.6 Å². The lowest BCUT2D eigenvalue weighted by atomic mass is 9.84. The number of nitrogens with one attached hydrogen (secondary N) is 2. The minimum absolute atomic E-state index is 0.0195. The van der Waals surface area contributed by atoms with Crippen molar-refractivity contribution in [3.8, 4) is 11.1 Å². The molecule has 2 amide bonds. The molecule has 2 saturated heterocycles. The molecule has 11 heteroatoms. The number of likely N-dealkylation sites (tertiary alicyclic amines) is 1. The number of hydrogen-bond acceptors (Lipinski definition) is 8. The number of carbonyl (C=O) groups is 2. The molecule has 4 aromatic carbocycles. The average Bonchev–Trinajstić information content (AvgIpc) is 3.21. The highest BCUT2D eigenvalue weighted by Crippen LogP contribution is 2.40. The molecule has 0 spiro atoms. The summed E-state index contributed by atoms with van der Waals surface area (Å²) in [6, 6.07) is 31.6. The molecule has 0 radical (unpaired) electrons. The fraction of sp³-hybridized carbons (Fsp3) is 0.395. The highest BCUT2D eigenvalue weighted by atomic mass is 35.5. The molecule has 0 aliphatic carbocycles. The van der Waals surface area contributed by atoms with Gasteiger partial charge in [0.05, 0.1) is 24.4 Å². The van der Waals surface area contributed by atoms with E-state index in [2.05, 4.69) is 22.3 Å². The van der Waals surface area contributed by atoms with E-state index in [9.17, 15) is 19.8 Å². The minimum Gasteiger partial charge on any atom is -0.392 e. The lowest BCUT2D eigenvalue weighted by Crippen LogP contribution is -2.46. The van der Waals surface area contributed by atoms with Crippen LogP contribution in [-0.2, 0) is 37.8 Å². The SMILES string of the molecule is O=C(CCCCCC(=O)NCc1ccccc1-c1ccc([C@H]2O[C@@H](CN3CCC(O)(c4ccc(Cl)cc4)CC3)C[C@@H](c3ccc(CO)cc3)O2)cc1)NO. The Morgan fingerprint density at radius 2 is 1.48 bits per heavy atom. The summed E-state index contributed by atoms with van der Waals surface area (Å²) in [5.41, 5.74) is 7.45. The predicted molar refractivity (Wildman–Crippen MR) is 206 cm³/mol. The quantitative estimate of drug-likeness (QED) is 0.0492. The molecule has 4 aromatic rings. The lowest BCUT2D eigenvalue weighted by molar-refractivity contribution is -0.253. The summed E-state index contributed by atoms with van der Waals surface area (Å²) >= 11 is 6.10. The van der Waals surface area contributed by atoms with E-state index in [4.69, 9.17) is 26.3 Å². The number of rotatable bonds is 15. The molecule has 2 fully saturated rings. The Bertz CT molecular complexity index is 1810. The molecule has 0 aromatic heterocycles. The van der Waals surface area contributed by atoms with Crippen molar-refractivity contribution < 1.29 is 34.5 Å². The maximum atomic E-state index is 12.6. The molecule has 5 N–H and O–H groups in total. The lowest BCUT2D eigenvalue weighted by Gasteiger charge is -2.42. The second kappa shape index (κ2) is 19.0. The zero-order valence-corrected chi connectivity index (χ0v) is 31.2. The van der Waals surface area contributed by atoms with Crippen LogP contribution in [-0.4, -0.2) is 57.9 Å². The van der Waals surface area contributed by atoms with Crippen molar-refractivity contribution in [1.82, 2.24) is 15.7 Å². The first-order valence-electron chi connectivity index (χ1n) is 18.8. The minimum atomic E-state index is -0.883. The number of nitrogens with zero attached hydrogens (tertiary/aromatic N) is 1. The highest BCUT2D eigenvalue weighted by molar-refractivity contribution is 6.30. The Morgan fingerprint density at radius 3 is 2.17 bits per heavy atom. The summed E-state index contributed by atoms with van der Waals surface area (Å²) < 4.78 is 13.3. The zero-order chi connectivity index (χ0) is 37.9. The van der Waals surface area contributed by atoms with E-state index in [1.54, 1.807) is 5.48 Å². The summed E-state index contributed by atoms with van der Waals surface area (Å²) in [7, 11) is 0. The summed E-state index contributed by atoms with van der Waals surface area (Å²) in [4.78, 5) is 26.1. The van der Waals surface area contributed by atoms with Gasteiger partial charge in [-0.15, -0.1) is 0 Å². The monoisotopic (exact) mass is 755 g/mol. The number of halogens is 1. The molecule has 0 bridgehead atoms. The molecule has 0 unspecified atom stereocenters. The van der Waals surface area contributed by atoms with Gasteiger partial charge in [0.25, 0.3) is 0 Å². The number of carbonyl (C=O) groups excluding carboxylic acids is 2. The number of piperidine rings is 1. The van der Waals surface area contributed by atoms with Crippen LogP contribution in [0.4, 0.5) is 0 Å². The Kier molecular flexibility index (Phi) is 13.9. The average molecular weight is 756 g/mol. The first kappa shape index (κ1) is 39.6. The third-order valence-corrected chi connectivity index (χ3v) is 10.8. The Hall–Kier alpha value is -4.13. The molecule has 0 saturated carbocycles. The van der Waals surface area contributed by atoms with Crippen LogP contribution in [0.1, 0.15) is 91.6 Å². The normalized spacial score (nSPS) is 20.0. The van der Waals surface area contributed by atoms with Gasteiger partial charge in [-0.2, -0.15) is 0 Å². The van der Waals surface area contributed by atoms with Crippen LogP contribution in [0, 0.1) is 0 Å². The van der Waals surface area contributed by atoms with E-state index in [1.165, 1.54) is 0 Å². The Labute approximate surface area is 322 Å². The molecular weight excluding hydrogens is 706 g/mol. The van der Waals surface area contributed by atoms with Gasteiger partial charge in [0.2, 0.25) is 11.8 Å². The molecule has 2 heterocycles. The van der Waals surface area contributed by atoms with Crippen molar-refractivity contribution in [3.05, 3.63) is 130 Å². The number of ether oxygens (including phenoxy) is 2. The van der Waals surface area contributed by atoms with E-state index in [1.807, 2.05) is 84.9 Å². The van der Waals surface area contributed by atoms with Gasteiger partial charge in [-0.25, -0.2) is 5.48 Å². The largest absolute Gasteiger partial charge is 0.392 e. The van der Waals surface area contributed by atoms with Gasteiger partial charge in [0.15, 0.2) is 6.29 Å². The number of aliphatic hydroxyl groups excluding tert-OH is 1. The Morgan fingerprint density at radius 1 is 0.815 bits per heavy atom. The highest BCUT2D eigenvalue weighted by Gasteiger charge is 2.37. The van der Waals surface area contributed by atoms with Crippen LogP contribution >= 0.6 is 11.6 Å². The van der Waals surface area contributed by atoms with Crippen molar-refractivity contribution in [2.75, 3.05) is 19.6 Å². The number of unbranched alkanes of at least 4 members (excludes halogenated alkanes) is 2. The zero-order valence-electron chi connectivity index (χ0n) is 30.5. The second-order valence-corrected chi connectivity index (χ2v) is 14.8. The first-order valence-corrected chi connectivity index (χ1v) is 19.2. The summed E-state index contributed by atoms with van der Waals surface area (Å²) in [6.45, 7) is 2.56. The molecular formula is C43H50ClN3O7. The van der Waals surface area contributed by atoms with Crippen molar-refractivity contribution >= 4 is 23.4 Å². The molecule has 10 nitrogen and oxygen atoms in total. The van der Waals surface area contributed by atoms with E-state index in [0.717, 1.165) is 58.5 Å².